The van der Waals surface area contributed by atoms with E-state index in [2.05, 4.69) is 4.98 Å². The van der Waals surface area contributed by atoms with E-state index in [0.717, 1.165) is 17.9 Å². The number of hydrogen-bond acceptors (Lipinski definition) is 3. The molecule has 2 heterocycles. The van der Waals surface area contributed by atoms with Gasteiger partial charge in [0.1, 0.15) is 11.9 Å². The number of anilines is 1. The van der Waals surface area contributed by atoms with E-state index in [9.17, 15) is 0 Å². The molecular formula is C8H10N2O. The molecule has 1 aromatic heterocycles. The Hall–Kier alpha value is -1.25. The molecule has 2 rings (SSSR count). The Bertz CT molecular complexity index is 285. The lowest BCUT2D eigenvalue weighted by atomic mass is 10.2. The second-order valence-electron chi connectivity index (χ2n) is 2.85. The average molecular weight is 150 g/mol. The predicted molar refractivity (Wildman–Crippen MR) is 42.4 cm³/mol. The first-order valence-corrected chi connectivity index (χ1v) is 3.67. The fourth-order valence-corrected chi connectivity index (χ4v) is 1.27. The largest absolute Gasteiger partial charge is 0.488 e. The fourth-order valence-electron chi connectivity index (χ4n) is 1.27. The molecule has 0 bridgehead atoms. The SMILES string of the molecule is CC1Cc2ncc(N)cc2O1. The summed E-state index contributed by atoms with van der Waals surface area (Å²) in [5.74, 6) is 0.845. The van der Waals surface area contributed by atoms with Crippen LogP contribution in [-0.2, 0) is 6.42 Å². The normalized spacial score (nSPS) is 21.0. The maximum atomic E-state index is 5.53. The summed E-state index contributed by atoms with van der Waals surface area (Å²) in [4.78, 5) is 4.16. The number of fused-ring (bicyclic) bond motifs is 1. The Morgan fingerprint density at radius 1 is 1.73 bits per heavy atom. The number of rotatable bonds is 0. The predicted octanol–water partition coefficient (Wildman–Crippen LogP) is 0.987. The van der Waals surface area contributed by atoms with Crippen LogP contribution in [0.4, 0.5) is 5.69 Å². The van der Waals surface area contributed by atoms with Crippen molar-refractivity contribution in [2.75, 3.05) is 5.73 Å². The second kappa shape index (κ2) is 2.12. The Morgan fingerprint density at radius 3 is 3.36 bits per heavy atom. The van der Waals surface area contributed by atoms with Crippen molar-refractivity contribution in [3.63, 3.8) is 0 Å². The Balaban J connectivity index is 2.43. The third-order valence-corrected chi connectivity index (χ3v) is 1.76. The highest BCUT2D eigenvalue weighted by atomic mass is 16.5. The number of nitrogens with two attached hydrogens (primary N) is 1. The molecule has 58 valence electrons. The molecule has 0 aromatic carbocycles. The Labute approximate surface area is 65.2 Å². The lowest BCUT2D eigenvalue weighted by Gasteiger charge is -2.01. The molecule has 2 N–H and O–H groups in total. The minimum atomic E-state index is 0.249. The maximum Gasteiger partial charge on any atom is 0.143 e. The van der Waals surface area contributed by atoms with Crippen LogP contribution in [0.2, 0.25) is 0 Å². The van der Waals surface area contributed by atoms with Crippen LogP contribution in [0, 0.1) is 0 Å². The van der Waals surface area contributed by atoms with Crippen LogP contribution in [-0.4, -0.2) is 11.1 Å². The summed E-state index contributed by atoms with van der Waals surface area (Å²) < 4.78 is 5.45. The van der Waals surface area contributed by atoms with Gasteiger partial charge in [-0.1, -0.05) is 0 Å². The monoisotopic (exact) mass is 150 g/mol. The number of ether oxygens (including phenoxy) is 1. The van der Waals surface area contributed by atoms with E-state index >= 15 is 0 Å². The molecule has 0 spiro atoms. The molecule has 3 heteroatoms. The van der Waals surface area contributed by atoms with Crippen LogP contribution in [0.1, 0.15) is 12.6 Å². The van der Waals surface area contributed by atoms with Crippen molar-refractivity contribution in [1.82, 2.24) is 4.98 Å². The van der Waals surface area contributed by atoms with Crippen LogP contribution < -0.4 is 10.5 Å². The van der Waals surface area contributed by atoms with E-state index in [-0.39, 0.29) is 6.10 Å². The summed E-state index contributed by atoms with van der Waals surface area (Å²) in [6.45, 7) is 2.03. The van der Waals surface area contributed by atoms with E-state index in [0.29, 0.717) is 5.69 Å². The van der Waals surface area contributed by atoms with Crippen molar-refractivity contribution < 1.29 is 4.74 Å². The van der Waals surface area contributed by atoms with Gasteiger partial charge in [-0.25, -0.2) is 0 Å². The van der Waals surface area contributed by atoms with E-state index in [1.165, 1.54) is 0 Å². The summed E-state index contributed by atoms with van der Waals surface area (Å²) >= 11 is 0. The van der Waals surface area contributed by atoms with E-state index in [1.54, 1.807) is 6.20 Å². The summed E-state index contributed by atoms with van der Waals surface area (Å²) in [6.07, 6.45) is 2.81. The molecule has 0 aliphatic carbocycles. The zero-order valence-electron chi connectivity index (χ0n) is 6.37. The Morgan fingerprint density at radius 2 is 2.55 bits per heavy atom. The molecular weight excluding hydrogens is 140 g/mol. The van der Waals surface area contributed by atoms with Crippen LogP contribution in [0.25, 0.3) is 0 Å². The van der Waals surface area contributed by atoms with Gasteiger partial charge in [0.2, 0.25) is 0 Å². The van der Waals surface area contributed by atoms with Gasteiger partial charge in [0.25, 0.3) is 0 Å². The van der Waals surface area contributed by atoms with Crippen LogP contribution >= 0.6 is 0 Å². The van der Waals surface area contributed by atoms with Gasteiger partial charge in [-0.15, -0.1) is 0 Å². The van der Waals surface area contributed by atoms with Crippen molar-refractivity contribution in [3.05, 3.63) is 18.0 Å². The smallest absolute Gasteiger partial charge is 0.143 e. The molecule has 0 saturated heterocycles. The Kier molecular flexibility index (Phi) is 1.24. The van der Waals surface area contributed by atoms with E-state index in [1.807, 2.05) is 13.0 Å². The lowest BCUT2D eigenvalue weighted by molar-refractivity contribution is 0.255. The van der Waals surface area contributed by atoms with Crippen molar-refractivity contribution in [1.29, 1.82) is 0 Å². The quantitative estimate of drug-likeness (QED) is 0.600. The first kappa shape index (κ1) is 6.46. The van der Waals surface area contributed by atoms with Gasteiger partial charge in [-0.3, -0.25) is 4.98 Å². The topological polar surface area (TPSA) is 48.1 Å². The average Bonchev–Trinajstić information content (AvgIpc) is 2.27. The minimum Gasteiger partial charge on any atom is -0.488 e. The number of nitrogen functional groups attached to an aromatic ring is 1. The van der Waals surface area contributed by atoms with Crippen LogP contribution in [0.3, 0.4) is 0 Å². The molecule has 0 saturated carbocycles. The molecule has 0 amide bonds. The van der Waals surface area contributed by atoms with Crippen molar-refractivity contribution in [2.45, 2.75) is 19.4 Å². The molecule has 0 fully saturated rings. The highest BCUT2D eigenvalue weighted by molar-refractivity contribution is 5.45. The first-order valence-electron chi connectivity index (χ1n) is 3.67. The number of hydrogen-bond donors (Lipinski definition) is 1. The molecule has 0 radical (unpaired) electrons. The standard InChI is InChI=1S/C8H10N2O/c1-5-2-7-8(11-5)3-6(9)4-10-7/h3-5H,2,9H2,1H3. The highest BCUT2D eigenvalue weighted by Gasteiger charge is 2.19. The van der Waals surface area contributed by atoms with E-state index in [4.69, 9.17) is 10.5 Å². The summed E-state index contributed by atoms with van der Waals surface area (Å²) in [5, 5.41) is 0. The molecule has 1 atom stereocenters. The third-order valence-electron chi connectivity index (χ3n) is 1.76. The van der Waals surface area contributed by atoms with Gasteiger partial charge in [-0.2, -0.15) is 0 Å². The lowest BCUT2D eigenvalue weighted by Crippen LogP contribution is -2.05. The van der Waals surface area contributed by atoms with Gasteiger partial charge in [0.05, 0.1) is 17.6 Å². The zero-order valence-corrected chi connectivity index (χ0v) is 6.37. The second-order valence-corrected chi connectivity index (χ2v) is 2.85. The molecule has 1 aliphatic heterocycles. The van der Waals surface area contributed by atoms with Gasteiger partial charge in [0, 0.05) is 12.5 Å². The fraction of sp³-hybridized carbons (Fsp3) is 0.375. The molecule has 3 nitrogen and oxygen atoms in total. The summed E-state index contributed by atoms with van der Waals surface area (Å²) in [5.41, 5.74) is 7.22. The van der Waals surface area contributed by atoms with Gasteiger partial charge < -0.3 is 10.5 Å². The van der Waals surface area contributed by atoms with Gasteiger partial charge in [0.15, 0.2) is 0 Å². The maximum absolute atomic E-state index is 5.53. The van der Waals surface area contributed by atoms with Gasteiger partial charge >= 0.3 is 0 Å². The number of pyridine rings is 1. The minimum absolute atomic E-state index is 0.249. The van der Waals surface area contributed by atoms with Crippen LogP contribution in [0.15, 0.2) is 12.3 Å². The molecule has 1 aliphatic rings. The number of aromatic nitrogens is 1. The van der Waals surface area contributed by atoms with Crippen molar-refractivity contribution in [2.24, 2.45) is 0 Å². The van der Waals surface area contributed by atoms with E-state index < -0.39 is 0 Å². The van der Waals surface area contributed by atoms with Crippen molar-refractivity contribution >= 4 is 5.69 Å². The zero-order chi connectivity index (χ0) is 7.84. The molecule has 11 heavy (non-hydrogen) atoms. The summed E-state index contributed by atoms with van der Waals surface area (Å²) in [6, 6.07) is 1.83. The molecule has 1 aromatic rings. The molecule has 1 unspecified atom stereocenters. The first-order chi connectivity index (χ1) is 5.25. The van der Waals surface area contributed by atoms with Crippen LogP contribution in [0.5, 0.6) is 5.75 Å². The third kappa shape index (κ3) is 1.02. The highest BCUT2D eigenvalue weighted by Crippen LogP contribution is 2.27. The summed E-state index contributed by atoms with van der Waals surface area (Å²) in [7, 11) is 0. The van der Waals surface area contributed by atoms with Crippen molar-refractivity contribution in [3.8, 4) is 5.75 Å². The number of nitrogens with zero attached hydrogens (tertiary/aromatic N) is 1. The van der Waals surface area contributed by atoms with Gasteiger partial charge in [-0.05, 0) is 6.92 Å².